The van der Waals surface area contributed by atoms with Gasteiger partial charge in [-0.1, -0.05) is 30.3 Å². The molecular weight excluding hydrogens is 599 g/mol. The normalized spacial score (nSPS) is 13.8. The zero-order valence-electron chi connectivity index (χ0n) is 27.7. The molecule has 1 amide bonds. The molecule has 0 saturated carbocycles. The van der Waals surface area contributed by atoms with Crippen molar-refractivity contribution in [1.29, 1.82) is 0 Å². The Morgan fingerprint density at radius 2 is 1.68 bits per heavy atom. The fourth-order valence-corrected chi connectivity index (χ4v) is 5.21. The highest BCUT2D eigenvalue weighted by molar-refractivity contribution is 6.06. The Labute approximate surface area is 275 Å². The zero-order chi connectivity index (χ0) is 33.3. The van der Waals surface area contributed by atoms with E-state index in [0.717, 1.165) is 50.3 Å². The van der Waals surface area contributed by atoms with E-state index >= 15 is 4.39 Å². The summed E-state index contributed by atoms with van der Waals surface area (Å²) < 4.78 is 32.9. The van der Waals surface area contributed by atoms with Crippen LogP contribution in [0.5, 0.6) is 23.1 Å². The van der Waals surface area contributed by atoms with Gasteiger partial charge in [-0.05, 0) is 76.6 Å². The van der Waals surface area contributed by atoms with Crippen LogP contribution in [0, 0.1) is 19.7 Å². The van der Waals surface area contributed by atoms with Gasteiger partial charge in [0.05, 0.1) is 12.7 Å². The van der Waals surface area contributed by atoms with Gasteiger partial charge >= 0.3 is 0 Å². The zero-order valence-corrected chi connectivity index (χ0v) is 27.7. The molecule has 47 heavy (non-hydrogen) atoms. The maximum Gasteiger partial charge on any atom is 0.262 e. The number of aryl methyl sites for hydroxylation is 2. The molecule has 2 N–H and O–H groups in total. The molecule has 0 bridgehead atoms. The number of nitrogens with zero attached hydrogens (tertiary/aromatic N) is 4. The van der Waals surface area contributed by atoms with Gasteiger partial charge in [-0.3, -0.25) is 4.79 Å². The number of hydrogen-bond donors (Lipinski definition) is 2. The third-order valence-electron chi connectivity index (χ3n) is 7.80. The van der Waals surface area contributed by atoms with Gasteiger partial charge < -0.3 is 34.6 Å². The number of rotatable bonds is 13. The number of nitrogens with one attached hydrogen (secondary N) is 2. The molecule has 0 aliphatic carbocycles. The second kappa shape index (κ2) is 15.7. The second-order valence-electron chi connectivity index (χ2n) is 12.0. The third-order valence-corrected chi connectivity index (χ3v) is 7.80. The SMILES string of the molecule is Cc1cccc(C)c1NC(=O)c1cnc(Nc2ccc(OCCCN3CCN(C)CC3)c(F)c2)nc1Oc1ccccc1OC(C)C. The Bertz CT molecular complexity index is 1660. The van der Waals surface area contributed by atoms with Crippen LogP contribution in [0.1, 0.15) is 41.8 Å². The van der Waals surface area contributed by atoms with Gasteiger partial charge in [-0.2, -0.15) is 4.98 Å². The first-order valence-corrected chi connectivity index (χ1v) is 15.9. The first kappa shape index (κ1) is 33.6. The number of anilines is 3. The fraction of sp³-hybridized carbons (Fsp3) is 0.361. The van der Waals surface area contributed by atoms with Crippen LogP contribution in [-0.2, 0) is 0 Å². The molecule has 5 rings (SSSR count). The minimum absolute atomic E-state index is 0.00631. The summed E-state index contributed by atoms with van der Waals surface area (Å²) in [5.74, 6) is 0.240. The topological polar surface area (TPSA) is 101 Å². The summed E-state index contributed by atoms with van der Waals surface area (Å²) in [5.41, 5.74) is 3.06. The third kappa shape index (κ3) is 9.17. The van der Waals surface area contributed by atoms with Gasteiger partial charge in [0, 0.05) is 56.4 Å². The molecule has 0 atom stereocenters. The molecule has 1 aliphatic heterocycles. The predicted molar refractivity (Wildman–Crippen MR) is 182 cm³/mol. The van der Waals surface area contributed by atoms with Crippen molar-refractivity contribution in [3.63, 3.8) is 0 Å². The lowest BCUT2D eigenvalue weighted by Crippen LogP contribution is -2.44. The van der Waals surface area contributed by atoms with Crippen LogP contribution in [0.4, 0.5) is 21.7 Å². The van der Waals surface area contributed by atoms with Crippen LogP contribution >= 0.6 is 0 Å². The second-order valence-corrected chi connectivity index (χ2v) is 12.0. The lowest BCUT2D eigenvalue weighted by Gasteiger charge is -2.32. The standard InChI is InChI=1S/C36H43FN6O4/c1-24(2)46-31-12-6-7-13-32(31)47-35-28(34(44)40-33-25(3)10-8-11-26(33)4)23-38-36(41-35)39-27-14-15-30(29(37)22-27)45-21-9-16-43-19-17-42(5)18-20-43/h6-8,10-15,22-24H,9,16-21H2,1-5H3,(H,40,44)(H,38,39,41). The average molecular weight is 643 g/mol. The van der Waals surface area contributed by atoms with Crippen LogP contribution in [0.25, 0.3) is 0 Å². The number of benzene rings is 3. The summed E-state index contributed by atoms with van der Waals surface area (Å²) in [7, 11) is 2.13. The number of hydrogen-bond acceptors (Lipinski definition) is 9. The van der Waals surface area contributed by atoms with Gasteiger partial charge in [-0.25, -0.2) is 9.37 Å². The van der Waals surface area contributed by atoms with Crippen LogP contribution in [-0.4, -0.2) is 78.2 Å². The molecule has 248 valence electrons. The molecule has 11 heteroatoms. The van der Waals surface area contributed by atoms with E-state index in [-0.39, 0.29) is 29.2 Å². The molecule has 4 aromatic rings. The van der Waals surface area contributed by atoms with E-state index in [4.69, 9.17) is 14.2 Å². The monoisotopic (exact) mass is 642 g/mol. The minimum atomic E-state index is -0.504. The number of ether oxygens (including phenoxy) is 3. The number of carbonyl (C=O) groups excluding carboxylic acids is 1. The number of carbonyl (C=O) groups is 1. The van der Waals surface area contributed by atoms with E-state index in [9.17, 15) is 4.79 Å². The summed E-state index contributed by atoms with van der Waals surface area (Å²) >= 11 is 0. The Morgan fingerprint density at radius 1 is 0.957 bits per heavy atom. The molecule has 0 unspecified atom stereocenters. The Hall–Kier alpha value is -4.74. The molecular formula is C36H43FN6O4. The molecule has 1 aliphatic rings. The lowest BCUT2D eigenvalue weighted by atomic mass is 10.1. The van der Waals surface area contributed by atoms with Crippen molar-refractivity contribution in [3.8, 4) is 23.1 Å². The van der Waals surface area contributed by atoms with Crippen LogP contribution in [0.15, 0.2) is 66.9 Å². The molecule has 0 spiro atoms. The fourth-order valence-electron chi connectivity index (χ4n) is 5.21. The van der Waals surface area contributed by atoms with E-state index in [0.29, 0.717) is 29.5 Å². The maximum atomic E-state index is 15.0. The Balaban J connectivity index is 1.32. The van der Waals surface area contributed by atoms with E-state index in [1.54, 1.807) is 30.3 Å². The number of aromatic nitrogens is 2. The predicted octanol–water partition coefficient (Wildman–Crippen LogP) is 6.82. The van der Waals surface area contributed by atoms with Gasteiger partial charge in [0.15, 0.2) is 23.1 Å². The van der Waals surface area contributed by atoms with Crippen LogP contribution in [0.3, 0.4) is 0 Å². The van der Waals surface area contributed by atoms with Crippen molar-refractivity contribution >= 4 is 23.2 Å². The molecule has 10 nitrogen and oxygen atoms in total. The highest BCUT2D eigenvalue weighted by Crippen LogP contribution is 2.34. The van der Waals surface area contributed by atoms with Gasteiger partial charge in [-0.15, -0.1) is 0 Å². The Morgan fingerprint density at radius 3 is 2.38 bits per heavy atom. The Kier molecular flexibility index (Phi) is 11.2. The summed E-state index contributed by atoms with van der Waals surface area (Å²) in [4.78, 5) is 27.2. The maximum absolute atomic E-state index is 15.0. The van der Waals surface area contributed by atoms with E-state index in [2.05, 4.69) is 37.4 Å². The van der Waals surface area contributed by atoms with E-state index in [1.165, 1.54) is 12.3 Å². The quantitative estimate of drug-likeness (QED) is 0.152. The molecule has 1 saturated heterocycles. The van der Waals surface area contributed by atoms with Crippen molar-refractivity contribution < 1.29 is 23.4 Å². The highest BCUT2D eigenvalue weighted by Gasteiger charge is 2.21. The summed E-state index contributed by atoms with van der Waals surface area (Å²) in [6, 6.07) is 17.5. The van der Waals surface area contributed by atoms with Crippen LogP contribution < -0.4 is 24.8 Å². The molecule has 1 fully saturated rings. The highest BCUT2D eigenvalue weighted by atomic mass is 19.1. The molecule has 3 aromatic carbocycles. The first-order chi connectivity index (χ1) is 22.7. The van der Waals surface area contributed by atoms with Crippen molar-refractivity contribution in [2.45, 2.75) is 40.2 Å². The number of amides is 1. The number of halogens is 1. The molecule has 0 radical (unpaired) electrons. The smallest absolute Gasteiger partial charge is 0.262 e. The summed E-state index contributed by atoms with van der Waals surface area (Å²) in [6.07, 6.45) is 2.09. The summed E-state index contributed by atoms with van der Waals surface area (Å²) in [6.45, 7) is 13.2. The average Bonchev–Trinajstić information content (AvgIpc) is 3.04. The minimum Gasteiger partial charge on any atom is -0.490 e. The number of piperazine rings is 1. The molecule has 1 aromatic heterocycles. The van der Waals surface area contributed by atoms with Crippen molar-refractivity contribution in [3.05, 3.63) is 89.4 Å². The van der Waals surface area contributed by atoms with E-state index < -0.39 is 11.7 Å². The number of likely N-dealkylation sites (N-methyl/N-ethyl adjacent to an activating group) is 1. The lowest BCUT2D eigenvalue weighted by molar-refractivity contribution is 0.102. The molecule has 2 heterocycles. The van der Waals surface area contributed by atoms with Gasteiger partial charge in [0.1, 0.15) is 5.56 Å². The van der Waals surface area contributed by atoms with Gasteiger partial charge in [0.25, 0.3) is 5.91 Å². The van der Waals surface area contributed by atoms with Crippen molar-refractivity contribution in [1.82, 2.24) is 19.8 Å². The largest absolute Gasteiger partial charge is 0.490 e. The number of para-hydroxylation sites is 3. The van der Waals surface area contributed by atoms with E-state index in [1.807, 2.05) is 52.0 Å². The van der Waals surface area contributed by atoms with Crippen molar-refractivity contribution in [2.24, 2.45) is 0 Å². The summed E-state index contributed by atoms with van der Waals surface area (Å²) in [5, 5.41) is 5.99. The van der Waals surface area contributed by atoms with Crippen LogP contribution in [0.2, 0.25) is 0 Å². The first-order valence-electron chi connectivity index (χ1n) is 15.9. The van der Waals surface area contributed by atoms with Gasteiger partial charge in [0.2, 0.25) is 11.8 Å². The van der Waals surface area contributed by atoms with Crippen molar-refractivity contribution in [2.75, 3.05) is 57.0 Å².